The maximum atomic E-state index is 12.3. The first-order chi connectivity index (χ1) is 11.6. The van der Waals surface area contributed by atoms with Crippen LogP contribution in [0.5, 0.6) is 0 Å². The quantitative estimate of drug-likeness (QED) is 0.580. The molecule has 0 saturated heterocycles. The lowest BCUT2D eigenvalue weighted by molar-refractivity contribution is -0.137. The molecule has 1 N–H and O–H groups in total. The molecular formula is C15H16F3NO5S. The smallest absolute Gasteiger partial charge is 0.463 e. The van der Waals surface area contributed by atoms with Crippen LogP contribution < -0.4 is 4.72 Å². The van der Waals surface area contributed by atoms with E-state index in [0.717, 1.165) is 4.72 Å². The third kappa shape index (κ3) is 6.22. The summed E-state index contributed by atoms with van der Waals surface area (Å²) in [6.45, 7) is 1.87. The van der Waals surface area contributed by atoms with Crippen LogP contribution in [-0.2, 0) is 26.0 Å². The average Bonchev–Trinajstić information content (AvgIpc) is 2.50. The lowest BCUT2D eigenvalue weighted by Crippen LogP contribution is -2.40. The molecule has 0 aliphatic rings. The highest BCUT2D eigenvalue weighted by molar-refractivity contribution is 7.90. The fraction of sp³-hybridized carbons (Fsp3) is 0.333. The van der Waals surface area contributed by atoms with Crippen molar-refractivity contribution >= 4 is 21.9 Å². The van der Waals surface area contributed by atoms with E-state index in [1.807, 2.05) is 0 Å². The second-order valence-corrected chi connectivity index (χ2v) is 6.40. The van der Waals surface area contributed by atoms with E-state index >= 15 is 0 Å². The van der Waals surface area contributed by atoms with Crippen LogP contribution in [-0.4, -0.2) is 32.4 Å². The highest BCUT2D eigenvalue weighted by atomic mass is 32.2. The molecule has 0 unspecified atom stereocenters. The van der Waals surface area contributed by atoms with Crippen LogP contribution in [0.1, 0.15) is 29.3 Å². The van der Waals surface area contributed by atoms with Crippen molar-refractivity contribution in [2.75, 3.05) is 6.61 Å². The van der Waals surface area contributed by atoms with E-state index in [-0.39, 0.29) is 18.6 Å². The SMILES string of the molecule is CCOC(=O)/C=C/CCc1ccccc1C(=O)NS(=O)(=O)C(F)(F)F. The number of sulfonamides is 1. The summed E-state index contributed by atoms with van der Waals surface area (Å²) >= 11 is 0. The fourth-order valence-electron chi connectivity index (χ4n) is 1.80. The van der Waals surface area contributed by atoms with Gasteiger partial charge in [0.1, 0.15) is 0 Å². The third-order valence-electron chi connectivity index (χ3n) is 2.91. The number of halogens is 3. The molecule has 10 heteroatoms. The maximum Gasteiger partial charge on any atom is 0.516 e. The van der Waals surface area contributed by atoms with Gasteiger partial charge in [0.15, 0.2) is 0 Å². The Labute approximate surface area is 142 Å². The van der Waals surface area contributed by atoms with E-state index in [1.54, 1.807) is 13.0 Å². The zero-order valence-corrected chi connectivity index (χ0v) is 14.0. The summed E-state index contributed by atoms with van der Waals surface area (Å²) in [5.74, 6) is -1.91. The van der Waals surface area contributed by atoms with Gasteiger partial charge in [0.05, 0.1) is 6.61 Å². The van der Waals surface area contributed by atoms with Crippen molar-refractivity contribution in [2.45, 2.75) is 25.3 Å². The van der Waals surface area contributed by atoms with Gasteiger partial charge in [-0.1, -0.05) is 24.3 Å². The van der Waals surface area contributed by atoms with Crippen molar-refractivity contribution in [3.63, 3.8) is 0 Å². The zero-order chi connectivity index (χ0) is 19.1. The van der Waals surface area contributed by atoms with Crippen molar-refractivity contribution in [3.8, 4) is 0 Å². The van der Waals surface area contributed by atoms with Gasteiger partial charge in [-0.2, -0.15) is 21.6 Å². The van der Waals surface area contributed by atoms with Gasteiger partial charge in [0.25, 0.3) is 5.91 Å². The minimum atomic E-state index is -5.78. The predicted molar refractivity (Wildman–Crippen MR) is 83.0 cm³/mol. The number of rotatable bonds is 7. The minimum absolute atomic E-state index is 0.195. The first-order valence-corrected chi connectivity index (χ1v) is 8.61. The van der Waals surface area contributed by atoms with Crippen molar-refractivity contribution < 1.29 is 35.9 Å². The number of allylic oxidation sites excluding steroid dienone is 1. The standard InChI is InChI=1S/C15H16F3NO5S/c1-2-24-13(20)10-6-4-8-11-7-3-5-9-12(11)14(21)19-25(22,23)15(16,17)18/h3,5-7,9-10H,2,4,8H2,1H3,(H,19,21)/b10-6+. The third-order valence-corrected chi connectivity index (χ3v) is 3.98. The second-order valence-electron chi connectivity index (χ2n) is 4.73. The van der Waals surface area contributed by atoms with Crippen molar-refractivity contribution in [1.82, 2.24) is 4.72 Å². The summed E-state index contributed by atoms with van der Waals surface area (Å²) in [4.78, 5) is 23.0. The second kappa shape index (κ2) is 8.65. The largest absolute Gasteiger partial charge is 0.516 e. The molecule has 0 aromatic heterocycles. The molecule has 0 atom stereocenters. The van der Waals surface area contributed by atoms with Gasteiger partial charge in [-0.25, -0.2) is 9.52 Å². The van der Waals surface area contributed by atoms with Gasteiger partial charge >= 0.3 is 21.5 Å². The molecule has 0 heterocycles. The summed E-state index contributed by atoms with van der Waals surface area (Å²) < 4.78 is 64.7. The number of ether oxygens (including phenoxy) is 1. The Morgan fingerprint density at radius 3 is 2.48 bits per heavy atom. The van der Waals surface area contributed by atoms with Crippen molar-refractivity contribution in [1.29, 1.82) is 0 Å². The molecular weight excluding hydrogens is 363 g/mol. The van der Waals surface area contributed by atoms with Gasteiger partial charge in [-0.3, -0.25) is 4.79 Å². The first kappa shape index (κ1) is 20.7. The number of carbonyl (C=O) groups excluding carboxylic acids is 2. The molecule has 1 rings (SSSR count). The number of nitrogens with one attached hydrogen (secondary N) is 1. The van der Waals surface area contributed by atoms with Gasteiger partial charge in [0, 0.05) is 11.6 Å². The topological polar surface area (TPSA) is 89.5 Å². The highest BCUT2D eigenvalue weighted by Crippen LogP contribution is 2.22. The summed E-state index contributed by atoms with van der Waals surface area (Å²) in [7, 11) is -5.78. The van der Waals surface area contributed by atoms with Crippen molar-refractivity contribution in [2.24, 2.45) is 0 Å². The normalized spacial score (nSPS) is 12.2. The summed E-state index contributed by atoms with van der Waals surface area (Å²) in [6.07, 6.45) is 3.19. The molecule has 0 fully saturated rings. The number of hydrogen-bond acceptors (Lipinski definition) is 5. The molecule has 6 nitrogen and oxygen atoms in total. The number of hydrogen-bond donors (Lipinski definition) is 1. The van der Waals surface area contributed by atoms with E-state index < -0.39 is 27.4 Å². The molecule has 0 aliphatic carbocycles. The van der Waals surface area contributed by atoms with E-state index in [2.05, 4.69) is 4.74 Å². The van der Waals surface area contributed by atoms with Crippen LogP contribution >= 0.6 is 0 Å². The van der Waals surface area contributed by atoms with E-state index in [9.17, 15) is 31.2 Å². The number of amides is 1. The van der Waals surface area contributed by atoms with Crippen molar-refractivity contribution in [3.05, 3.63) is 47.5 Å². The molecule has 1 aromatic rings. The Morgan fingerprint density at radius 2 is 1.88 bits per heavy atom. The Hall–Kier alpha value is -2.36. The van der Waals surface area contributed by atoms with Gasteiger partial charge in [-0.05, 0) is 31.4 Å². The van der Waals surface area contributed by atoms with Gasteiger partial charge < -0.3 is 4.74 Å². The fourth-order valence-corrected chi connectivity index (χ4v) is 2.27. The molecule has 0 bridgehead atoms. The van der Waals surface area contributed by atoms with Crippen LogP contribution in [0.3, 0.4) is 0 Å². The molecule has 0 saturated carbocycles. The molecule has 25 heavy (non-hydrogen) atoms. The van der Waals surface area contributed by atoms with Crippen LogP contribution in [0.15, 0.2) is 36.4 Å². The van der Waals surface area contributed by atoms with Crippen LogP contribution in [0.2, 0.25) is 0 Å². The Morgan fingerprint density at radius 1 is 1.24 bits per heavy atom. The monoisotopic (exact) mass is 379 g/mol. The summed E-state index contributed by atoms with van der Waals surface area (Å²) in [5.41, 5.74) is -5.44. The molecule has 0 radical (unpaired) electrons. The number of aryl methyl sites for hydroxylation is 1. The molecule has 138 valence electrons. The van der Waals surface area contributed by atoms with Gasteiger partial charge in [-0.15, -0.1) is 0 Å². The van der Waals surface area contributed by atoms with Gasteiger partial charge in [0.2, 0.25) is 0 Å². The Balaban J connectivity index is 2.83. The summed E-state index contributed by atoms with van der Waals surface area (Å²) in [6, 6.07) is 5.64. The van der Waals surface area contributed by atoms with Crippen LogP contribution in [0.25, 0.3) is 0 Å². The van der Waals surface area contributed by atoms with Crippen LogP contribution in [0.4, 0.5) is 13.2 Å². The van der Waals surface area contributed by atoms with E-state index in [4.69, 9.17) is 0 Å². The summed E-state index contributed by atoms with van der Waals surface area (Å²) in [5, 5.41) is 0. The predicted octanol–water partition coefficient (Wildman–Crippen LogP) is 2.32. The number of benzene rings is 1. The highest BCUT2D eigenvalue weighted by Gasteiger charge is 2.47. The Bertz CT molecular complexity index is 757. The number of carbonyl (C=O) groups is 2. The molecule has 0 spiro atoms. The average molecular weight is 379 g/mol. The number of alkyl halides is 3. The molecule has 1 amide bonds. The van der Waals surface area contributed by atoms with Crippen LogP contribution in [0, 0.1) is 0 Å². The first-order valence-electron chi connectivity index (χ1n) is 7.13. The lowest BCUT2D eigenvalue weighted by atomic mass is 10.0. The maximum absolute atomic E-state index is 12.3. The minimum Gasteiger partial charge on any atom is -0.463 e. The molecule has 1 aromatic carbocycles. The zero-order valence-electron chi connectivity index (χ0n) is 13.2. The lowest BCUT2D eigenvalue weighted by Gasteiger charge is -2.11. The van der Waals surface area contributed by atoms with E-state index in [1.165, 1.54) is 30.4 Å². The Kier molecular flexibility index (Phi) is 7.16. The molecule has 0 aliphatic heterocycles. The number of esters is 1. The van der Waals surface area contributed by atoms with E-state index in [0.29, 0.717) is 12.0 Å².